The molecule has 2 heterocycles. The zero-order chi connectivity index (χ0) is 29.4. The maximum absolute atomic E-state index is 14.1. The van der Waals surface area contributed by atoms with Crippen LogP contribution in [0.3, 0.4) is 0 Å². The van der Waals surface area contributed by atoms with Gasteiger partial charge in [-0.25, -0.2) is 8.78 Å². The van der Waals surface area contributed by atoms with Gasteiger partial charge in [-0.15, -0.1) is 0 Å². The summed E-state index contributed by atoms with van der Waals surface area (Å²) >= 11 is 13.4. The average Bonchev–Trinajstić information content (AvgIpc) is 3.28. The van der Waals surface area contributed by atoms with Gasteiger partial charge in [0.05, 0.1) is 21.1 Å². The van der Waals surface area contributed by atoms with E-state index in [0.29, 0.717) is 37.7 Å². The number of nitrogens with zero attached hydrogens (tertiary/aromatic N) is 1. The van der Waals surface area contributed by atoms with E-state index in [1.165, 1.54) is 6.07 Å². The van der Waals surface area contributed by atoms with Crippen molar-refractivity contribution in [3.8, 4) is 22.8 Å². The Morgan fingerprint density at radius 3 is 2.39 bits per heavy atom. The lowest BCUT2D eigenvalue weighted by molar-refractivity contribution is -0.115. The summed E-state index contributed by atoms with van der Waals surface area (Å²) < 4.78 is 41.1. The minimum Gasteiger partial charge on any atom is -0.488 e. The predicted octanol–water partition coefficient (Wildman–Crippen LogP) is 6.96. The molecule has 0 spiro atoms. The molecule has 12 heteroatoms. The third-order valence-corrected chi connectivity index (χ3v) is 7.94. The van der Waals surface area contributed by atoms with Gasteiger partial charge in [0, 0.05) is 23.0 Å². The Hall–Kier alpha value is -3.86. The smallest absolute Gasteiger partial charge is 0.290 e. The summed E-state index contributed by atoms with van der Waals surface area (Å²) in [6, 6.07) is 13.0. The van der Waals surface area contributed by atoms with Gasteiger partial charge >= 0.3 is 0 Å². The van der Waals surface area contributed by atoms with Crippen molar-refractivity contribution in [2.75, 3.05) is 13.2 Å². The van der Waals surface area contributed by atoms with E-state index in [1.807, 2.05) is 0 Å². The quantitative estimate of drug-likeness (QED) is 0.178. The van der Waals surface area contributed by atoms with E-state index in [1.54, 1.807) is 54.9 Å². The lowest BCUT2D eigenvalue weighted by Gasteiger charge is -2.18. The molecule has 1 N–H and O–H groups in total. The highest BCUT2D eigenvalue weighted by Crippen LogP contribution is 2.35. The summed E-state index contributed by atoms with van der Waals surface area (Å²) in [5, 5.41) is 2.78. The normalized spacial score (nSPS) is 14.4. The molecule has 0 aliphatic carbocycles. The van der Waals surface area contributed by atoms with E-state index in [2.05, 4.69) is 5.32 Å². The molecule has 1 aliphatic heterocycles. The van der Waals surface area contributed by atoms with Crippen molar-refractivity contribution in [1.82, 2.24) is 9.88 Å². The Balaban J connectivity index is 1.39. The van der Waals surface area contributed by atoms with E-state index in [4.69, 9.17) is 32.7 Å². The SMILES string of the molecule is CC(=C1SC(=O)NC1=O)c1ccc(OCCOc2c(-c3ccc(F)c(F)c3)n(C)c3cc(Cl)ccc3c2=O)c(Cl)c1. The molecule has 41 heavy (non-hydrogen) atoms. The van der Waals surface area contributed by atoms with Crippen molar-refractivity contribution >= 4 is 62.6 Å². The zero-order valence-corrected chi connectivity index (χ0v) is 23.8. The van der Waals surface area contributed by atoms with Crippen LogP contribution >= 0.6 is 35.0 Å². The minimum atomic E-state index is -1.07. The van der Waals surface area contributed by atoms with Crippen LogP contribution in [0.25, 0.3) is 27.7 Å². The molecule has 210 valence electrons. The lowest BCUT2D eigenvalue weighted by atomic mass is 10.1. The second-order valence-electron chi connectivity index (χ2n) is 9.00. The fourth-order valence-electron chi connectivity index (χ4n) is 4.42. The van der Waals surface area contributed by atoms with E-state index >= 15 is 0 Å². The number of nitrogens with one attached hydrogen (secondary N) is 1. The number of imide groups is 1. The Kier molecular flexibility index (Phi) is 8.08. The number of aromatic nitrogens is 1. The van der Waals surface area contributed by atoms with Crippen molar-refractivity contribution in [2.45, 2.75) is 6.92 Å². The van der Waals surface area contributed by atoms with Gasteiger partial charge in [-0.1, -0.05) is 29.3 Å². The van der Waals surface area contributed by atoms with Crippen molar-refractivity contribution in [1.29, 1.82) is 0 Å². The zero-order valence-electron chi connectivity index (χ0n) is 21.5. The number of carbonyl (C=O) groups is 2. The first kappa shape index (κ1) is 28.7. The van der Waals surface area contributed by atoms with Crippen LogP contribution in [0.1, 0.15) is 12.5 Å². The molecule has 1 saturated heterocycles. The number of pyridine rings is 1. The first-order chi connectivity index (χ1) is 19.5. The van der Waals surface area contributed by atoms with Gasteiger partial charge in [0.1, 0.15) is 19.0 Å². The number of carbonyl (C=O) groups excluding carboxylic acids is 2. The van der Waals surface area contributed by atoms with Crippen molar-refractivity contribution in [3.05, 3.63) is 97.0 Å². The number of allylic oxidation sites excluding steroid dienone is 1. The number of aryl methyl sites for hydroxylation is 1. The summed E-state index contributed by atoms with van der Waals surface area (Å²) in [7, 11) is 1.67. The largest absolute Gasteiger partial charge is 0.488 e. The summed E-state index contributed by atoms with van der Waals surface area (Å²) in [5.41, 5.74) is 1.74. The van der Waals surface area contributed by atoms with E-state index < -0.39 is 28.2 Å². The molecule has 1 fully saturated rings. The number of hydrogen-bond donors (Lipinski definition) is 1. The summed E-state index contributed by atoms with van der Waals surface area (Å²) in [6.45, 7) is 1.62. The third kappa shape index (κ3) is 5.68. The molecule has 5 rings (SSSR count). The standard InChI is InChI=1S/C29H20Cl2F2N2O5S/c1-14(27-28(37)34-29(38)41-27)15-4-8-23(19(31)11-15)39-9-10-40-26-24(16-3-7-20(32)21(33)12-16)35(2)22-13-17(30)5-6-18(22)25(26)36/h3-8,11-13H,9-10H2,1-2H3,(H,34,37,38). The molecule has 0 unspecified atom stereocenters. The summed E-state index contributed by atoms with van der Waals surface area (Å²) in [6.07, 6.45) is 0. The maximum Gasteiger partial charge on any atom is 0.290 e. The first-order valence-corrected chi connectivity index (χ1v) is 13.7. The number of benzene rings is 3. The van der Waals surface area contributed by atoms with E-state index in [0.717, 1.165) is 23.9 Å². The second-order valence-corrected chi connectivity index (χ2v) is 10.8. The fourth-order valence-corrected chi connectivity index (χ4v) is 5.56. The molecule has 0 bridgehead atoms. The number of thioether (sulfide) groups is 1. The van der Waals surface area contributed by atoms with Gasteiger partial charge in [-0.2, -0.15) is 0 Å². The highest BCUT2D eigenvalue weighted by molar-refractivity contribution is 8.18. The van der Waals surface area contributed by atoms with Crippen LogP contribution in [0.5, 0.6) is 11.5 Å². The number of rotatable bonds is 7. The molecule has 7 nitrogen and oxygen atoms in total. The molecule has 1 aromatic heterocycles. The highest BCUT2D eigenvalue weighted by atomic mass is 35.5. The topological polar surface area (TPSA) is 86.6 Å². The van der Waals surface area contributed by atoms with Gasteiger partial charge < -0.3 is 14.0 Å². The van der Waals surface area contributed by atoms with E-state index in [-0.39, 0.29) is 35.2 Å². The number of hydrogen-bond acceptors (Lipinski definition) is 6. The van der Waals surface area contributed by atoms with Gasteiger partial charge in [0.25, 0.3) is 11.1 Å². The molecule has 0 radical (unpaired) electrons. The lowest BCUT2D eigenvalue weighted by Crippen LogP contribution is -2.18. The van der Waals surface area contributed by atoms with Crippen LogP contribution in [-0.4, -0.2) is 28.9 Å². The van der Waals surface area contributed by atoms with Crippen LogP contribution < -0.4 is 20.2 Å². The molecule has 2 amide bonds. The molecular formula is C29H20Cl2F2N2O5S. The van der Waals surface area contributed by atoms with Crippen LogP contribution in [0, 0.1) is 11.6 Å². The molecule has 3 aromatic carbocycles. The Bertz CT molecular complexity index is 1840. The van der Waals surface area contributed by atoms with Gasteiger partial charge in [-0.05, 0) is 78.4 Å². The maximum atomic E-state index is 14.1. The van der Waals surface area contributed by atoms with Crippen molar-refractivity contribution < 1.29 is 27.8 Å². The van der Waals surface area contributed by atoms with Crippen molar-refractivity contribution in [3.63, 3.8) is 0 Å². The third-order valence-electron chi connectivity index (χ3n) is 6.42. The van der Waals surface area contributed by atoms with Gasteiger partial charge in [0.15, 0.2) is 17.4 Å². The Morgan fingerprint density at radius 2 is 1.71 bits per heavy atom. The Labute approximate surface area is 246 Å². The van der Waals surface area contributed by atoms with Crippen LogP contribution in [0.4, 0.5) is 13.6 Å². The van der Waals surface area contributed by atoms with E-state index in [9.17, 15) is 23.2 Å². The number of fused-ring (bicyclic) bond motifs is 1. The van der Waals surface area contributed by atoms with Gasteiger partial charge in [-0.3, -0.25) is 19.7 Å². The van der Waals surface area contributed by atoms with Crippen LogP contribution in [0.2, 0.25) is 10.0 Å². The van der Waals surface area contributed by atoms with Crippen LogP contribution in [-0.2, 0) is 11.8 Å². The fraction of sp³-hybridized carbons (Fsp3) is 0.138. The molecular weight excluding hydrogens is 597 g/mol. The summed E-state index contributed by atoms with van der Waals surface area (Å²) in [4.78, 5) is 37.2. The molecule has 1 aliphatic rings. The molecule has 0 atom stereocenters. The van der Waals surface area contributed by atoms with Gasteiger partial charge in [0.2, 0.25) is 5.43 Å². The monoisotopic (exact) mass is 616 g/mol. The Morgan fingerprint density at radius 1 is 0.951 bits per heavy atom. The number of ether oxygens (including phenoxy) is 2. The molecule has 4 aromatic rings. The summed E-state index contributed by atoms with van der Waals surface area (Å²) in [5.74, 6) is -2.29. The second kappa shape index (κ2) is 11.6. The van der Waals surface area contributed by atoms with Crippen molar-refractivity contribution in [2.24, 2.45) is 7.05 Å². The number of halogens is 4. The number of amides is 2. The molecule has 0 saturated carbocycles. The highest BCUT2D eigenvalue weighted by Gasteiger charge is 2.28. The first-order valence-electron chi connectivity index (χ1n) is 12.1. The predicted molar refractivity (Wildman–Crippen MR) is 156 cm³/mol. The van der Waals surface area contributed by atoms with Crippen LogP contribution in [0.15, 0.2) is 64.3 Å². The minimum absolute atomic E-state index is 0.00900. The average molecular weight is 617 g/mol.